The lowest BCUT2D eigenvalue weighted by Gasteiger charge is -2.12. The Kier molecular flexibility index (Phi) is 6.69. The zero-order valence-electron chi connectivity index (χ0n) is 19.1. The molecule has 5 aromatic rings. The third-order valence-electron chi connectivity index (χ3n) is 5.62. The van der Waals surface area contributed by atoms with Crippen molar-refractivity contribution in [2.24, 2.45) is 0 Å². The quantitative estimate of drug-likeness (QED) is 0.298. The first-order chi connectivity index (χ1) is 17.6. The molecule has 0 spiro atoms. The van der Waals surface area contributed by atoms with Crippen molar-refractivity contribution in [3.63, 3.8) is 0 Å². The van der Waals surface area contributed by atoms with Crippen LogP contribution in [0.5, 0.6) is 0 Å². The molecule has 2 heterocycles. The Bertz CT molecular complexity index is 1560. The molecular formula is C29H21ClN4O2. The van der Waals surface area contributed by atoms with Gasteiger partial charge in [-0.2, -0.15) is 0 Å². The van der Waals surface area contributed by atoms with Gasteiger partial charge in [0, 0.05) is 34.4 Å². The number of amides is 2. The van der Waals surface area contributed by atoms with Crippen molar-refractivity contribution in [2.75, 3.05) is 5.32 Å². The highest BCUT2D eigenvalue weighted by Crippen LogP contribution is 2.27. The number of hydrogen-bond acceptors (Lipinski definition) is 4. The predicted octanol–water partition coefficient (Wildman–Crippen LogP) is 6.13. The number of hydrogen-bond donors (Lipinski definition) is 2. The Morgan fingerprint density at radius 1 is 0.778 bits per heavy atom. The fourth-order valence-corrected chi connectivity index (χ4v) is 4.02. The Morgan fingerprint density at radius 3 is 2.42 bits per heavy atom. The molecular weight excluding hydrogens is 472 g/mol. The third-order valence-corrected chi connectivity index (χ3v) is 5.86. The van der Waals surface area contributed by atoms with Gasteiger partial charge in [0.1, 0.15) is 0 Å². The molecule has 36 heavy (non-hydrogen) atoms. The maximum Gasteiger partial charge on any atom is 0.256 e. The average Bonchev–Trinajstić information content (AvgIpc) is 2.92. The zero-order valence-corrected chi connectivity index (χ0v) is 19.9. The third kappa shape index (κ3) is 5.24. The second kappa shape index (κ2) is 10.4. The minimum Gasteiger partial charge on any atom is -0.348 e. The van der Waals surface area contributed by atoms with Crippen LogP contribution in [0.3, 0.4) is 0 Å². The van der Waals surface area contributed by atoms with Crippen LogP contribution in [-0.4, -0.2) is 21.8 Å². The van der Waals surface area contributed by atoms with Gasteiger partial charge in [0.15, 0.2) is 0 Å². The first-order valence-corrected chi connectivity index (χ1v) is 11.7. The summed E-state index contributed by atoms with van der Waals surface area (Å²) >= 11 is 6.23. The predicted molar refractivity (Wildman–Crippen MR) is 142 cm³/mol. The maximum absolute atomic E-state index is 13.4. The van der Waals surface area contributed by atoms with Crippen molar-refractivity contribution in [3.8, 4) is 11.4 Å². The van der Waals surface area contributed by atoms with Gasteiger partial charge in [0.25, 0.3) is 11.8 Å². The van der Waals surface area contributed by atoms with Crippen molar-refractivity contribution in [2.45, 2.75) is 6.54 Å². The van der Waals surface area contributed by atoms with Gasteiger partial charge in [-0.05, 0) is 60.2 Å². The monoisotopic (exact) mass is 492 g/mol. The molecule has 2 amide bonds. The standard InChI is InChI=1S/C29H21ClN4O2/c30-21-12-13-25-23(16-21)24(17-27(34-25)26-11-4-5-14-31-26)29(36)33-22-10-6-9-20(15-22)28(35)32-18-19-7-2-1-3-8-19/h1-17H,18H2,(H,32,35)(H,33,36). The van der Waals surface area contributed by atoms with Crippen molar-refractivity contribution < 1.29 is 9.59 Å². The first-order valence-electron chi connectivity index (χ1n) is 11.3. The minimum atomic E-state index is -0.344. The van der Waals surface area contributed by atoms with Gasteiger partial charge in [-0.25, -0.2) is 4.98 Å². The van der Waals surface area contributed by atoms with E-state index in [4.69, 9.17) is 11.6 Å². The highest BCUT2D eigenvalue weighted by atomic mass is 35.5. The average molecular weight is 493 g/mol. The van der Waals surface area contributed by atoms with E-state index in [0.717, 1.165) is 5.56 Å². The molecule has 176 valence electrons. The number of fused-ring (bicyclic) bond motifs is 1. The molecule has 0 saturated carbocycles. The number of pyridine rings is 2. The van der Waals surface area contributed by atoms with Crippen LogP contribution in [-0.2, 0) is 6.54 Å². The number of anilines is 1. The lowest BCUT2D eigenvalue weighted by Crippen LogP contribution is -2.23. The fourth-order valence-electron chi connectivity index (χ4n) is 3.85. The van der Waals surface area contributed by atoms with E-state index in [1.54, 1.807) is 54.7 Å². The Balaban J connectivity index is 1.41. The molecule has 6 nitrogen and oxygen atoms in total. The van der Waals surface area contributed by atoms with E-state index in [0.29, 0.717) is 50.7 Å². The molecule has 2 N–H and O–H groups in total. The molecule has 0 aliphatic rings. The molecule has 0 aliphatic carbocycles. The van der Waals surface area contributed by atoms with Crippen LogP contribution in [0.2, 0.25) is 5.02 Å². The largest absolute Gasteiger partial charge is 0.348 e. The lowest BCUT2D eigenvalue weighted by atomic mass is 10.0. The van der Waals surface area contributed by atoms with E-state index in [-0.39, 0.29) is 11.8 Å². The number of nitrogens with one attached hydrogen (secondary N) is 2. The van der Waals surface area contributed by atoms with E-state index < -0.39 is 0 Å². The summed E-state index contributed by atoms with van der Waals surface area (Å²) in [7, 11) is 0. The fraction of sp³-hybridized carbons (Fsp3) is 0.0345. The second-order valence-corrected chi connectivity index (χ2v) is 8.57. The number of benzene rings is 3. The smallest absolute Gasteiger partial charge is 0.256 e. The molecule has 0 radical (unpaired) electrons. The Hall–Kier alpha value is -4.55. The number of carbonyl (C=O) groups is 2. The van der Waals surface area contributed by atoms with Crippen LogP contribution in [0.25, 0.3) is 22.3 Å². The Labute approximate surface area is 213 Å². The summed E-state index contributed by atoms with van der Waals surface area (Å²) in [6, 6.07) is 28.9. The Morgan fingerprint density at radius 2 is 1.61 bits per heavy atom. The summed E-state index contributed by atoms with van der Waals surface area (Å²) < 4.78 is 0. The van der Waals surface area contributed by atoms with Crippen LogP contribution < -0.4 is 10.6 Å². The highest BCUT2D eigenvalue weighted by Gasteiger charge is 2.16. The summed E-state index contributed by atoms with van der Waals surface area (Å²) in [5.74, 6) is -0.572. The van der Waals surface area contributed by atoms with Crippen LogP contribution >= 0.6 is 11.6 Å². The number of nitrogens with zero attached hydrogens (tertiary/aromatic N) is 2. The molecule has 2 aromatic heterocycles. The number of halogens is 1. The highest BCUT2D eigenvalue weighted by molar-refractivity contribution is 6.31. The van der Waals surface area contributed by atoms with Gasteiger partial charge in [0.2, 0.25) is 0 Å². The first kappa shape index (κ1) is 23.2. The zero-order chi connectivity index (χ0) is 24.9. The van der Waals surface area contributed by atoms with Crippen molar-refractivity contribution in [3.05, 3.63) is 125 Å². The number of carbonyl (C=O) groups excluding carboxylic acids is 2. The number of aromatic nitrogens is 2. The summed E-state index contributed by atoms with van der Waals surface area (Å²) in [5.41, 5.74) is 4.20. The van der Waals surface area contributed by atoms with Crippen LogP contribution in [0, 0.1) is 0 Å². The van der Waals surface area contributed by atoms with Crippen molar-refractivity contribution >= 4 is 40.0 Å². The van der Waals surface area contributed by atoms with E-state index in [1.807, 2.05) is 48.5 Å². The summed E-state index contributed by atoms with van der Waals surface area (Å²) in [6.07, 6.45) is 1.68. The van der Waals surface area contributed by atoms with Gasteiger partial charge in [-0.15, -0.1) is 0 Å². The maximum atomic E-state index is 13.4. The molecule has 0 saturated heterocycles. The normalized spacial score (nSPS) is 10.7. The molecule has 0 bridgehead atoms. The summed E-state index contributed by atoms with van der Waals surface area (Å²) in [6.45, 7) is 0.413. The van der Waals surface area contributed by atoms with Crippen molar-refractivity contribution in [1.82, 2.24) is 15.3 Å². The molecule has 0 atom stereocenters. The number of rotatable bonds is 6. The van der Waals surface area contributed by atoms with Gasteiger partial charge >= 0.3 is 0 Å². The molecule has 3 aromatic carbocycles. The molecule has 0 unspecified atom stereocenters. The van der Waals surface area contributed by atoms with Crippen molar-refractivity contribution in [1.29, 1.82) is 0 Å². The van der Waals surface area contributed by atoms with Gasteiger partial charge in [0.05, 0.1) is 22.5 Å². The molecule has 0 aliphatic heterocycles. The summed E-state index contributed by atoms with van der Waals surface area (Å²) in [4.78, 5) is 35.1. The van der Waals surface area contributed by atoms with E-state index in [9.17, 15) is 9.59 Å². The lowest BCUT2D eigenvalue weighted by molar-refractivity contribution is 0.0949. The molecule has 0 fully saturated rings. The SMILES string of the molecule is O=C(NCc1ccccc1)c1cccc(NC(=O)c2cc(-c3ccccn3)nc3ccc(Cl)cc23)c1. The summed E-state index contributed by atoms with van der Waals surface area (Å²) in [5, 5.41) is 6.93. The van der Waals surface area contributed by atoms with E-state index in [1.165, 1.54) is 0 Å². The van der Waals surface area contributed by atoms with Crippen LogP contribution in [0.4, 0.5) is 5.69 Å². The van der Waals surface area contributed by atoms with E-state index >= 15 is 0 Å². The van der Waals surface area contributed by atoms with Gasteiger partial charge in [-0.1, -0.05) is 54.1 Å². The molecule has 7 heteroatoms. The topological polar surface area (TPSA) is 84.0 Å². The van der Waals surface area contributed by atoms with Gasteiger partial charge < -0.3 is 10.6 Å². The van der Waals surface area contributed by atoms with E-state index in [2.05, 4.69) is 20.6 Å². The molecule has 5 rings (SSSR count). The second-order valence-electron chi connectivity index (χ2n) is 8.13. The van der Waals surface area contributed by atoms with Gasteiger partial charge in [-0.3, -0.25) is 14.6 Å². The van der Waals surface area contributed by atoms with Crippen LogP contribution in [0.15, 0.2) is 103 Å². The minimum absolute atomic E-state index is 0.228. The van der Waals surface area contributed by atoms with Crippen LogP contribution in [0.1, 0.15) is 26.3 Å².